The first kappa shape index (κ1) is 16.3. The van der Waals surface area contributed by atoms with Crippen LogP contribution in [0.5, 0.6) is 0 Å². The van der Waals surface area contributed by atoms with E-state index < -0.39 is 0 Å². The molecule has 0 aromatic carbocycles. The van der Waals surface area contributed by atoms with E-state index in [2.05, 4.69) is 10.6 Å². The van der Waals surface area contributed by atoms with E-state index >= 15 is 0 Å². The molecule has 2 heterocycles. The minimum Gasteiger partial charge on any atom is -0.463 e. The Morgan fingerprint density at radius 1 is 1.26 bits per heavy atom. The summed E-state index contributed by atoms with van der Waals surface area (Å²) in [7, 11) is 0. The van der Waals surface area contributed by atoms with Gasteiger partial charge in [0.05, 0.1) is 37.0 Å². The van der Waals surface area contributed by atoms with E-state index in [1.807, 2.05) is 0 Å². The standard InChI is InChI=1S/C17H27N3O3/c1-2-23-16(21)13-10-18-17(22)19-14(13)11-20-9-5-7-12-6-3-4-8-15(12)20/h12,15H,2-11H2,1H3,(H2,18,19,22)/p+1/t12-,15-/m0/s1. The topological polar surface area (TPSA) is 71.9 Å². The Labute approximate surface area is 137 Å². The fourth-order valence-corrected chi connectivity index (χ4v) is 4.41. The molecular formula is C17H28N3O3+. The molecule has 3 atom stereocenters. The van der Waals surface area contributed by atoms with E-state index in [9.17, 15) is 9.59 Å². The van der Waals surface area contributed by atoms with Crippen LogP contribution in [-0.2, 0) is 9.53 Å². The molecule has 6 nitrogen and oxygen atoms in total. The number of likely N-dealkylation sites (tertiary alicyclic amines) is 1. The number of piperidine rings is 1. The minimum atomic E-state index is -0.313. The van der Waals surface area contributed by atoms with Crippen LogP contribution < -0.4 is 15.5 Å². The second-order valence-corrected chi connectivity index (χ2v) is 6.86. The number of fused-ring (bicyclic) bond motifs is 1. The van der Waals surface area contributed by atoms with Crippen molar-refractivity contribution in [3.8, 4) is 0 Å². The summed E-state index contributed by atoms with van der Waals surface area (Å²) in [4.78, 5) is 25.4. The molecule has 6 heteroatoms. The monoisotopic (exact) mass is 322 g/mol. The average Bonchev–Trinajstić information content (AvgIpc) is 2.55. The van der Waals surface area contributed by atoms with Crippen LogP contribution in [0, 0.1) is 5.92 Å². The lowest BCUT2D eigenvalue weighted by Gasteiger charge is -2.41. The van der Waals surface area contributed by atoms with Crippen molar-refractivity contribution < 1.29 is 19.2 Å². The van der Waals surface area contributed by atoms with Gasteiger partial charge in [0.1, 0.15) is 6.54 Å². The smallest absolute Gasteiger partial charge is 0.337 e. The largest absolute Gasteiger partial charge is 0.463 e. The first-order valence-corrected chi connectivity index (χ1v) is 8.97. The van der Waals surface area contributed by atoms with Crippen molar-refractivity contribution in [3.63, 3.8) is 0 Å². The summed E-state index contributed by atoms with van der Waals surface area (Å²) in [6.45, 7) is 4.27. The third kappa shape index (κ3) is 3.68. The third-order valence-corrected chi connectivity index (χ3v) is 5.49. The van der Waals surface area contributed by atoms with Crippen LogP contribution in [0.25, 0.3) is 0 Å². The van der Waals surface area contributed by atoms with Gasteiger partial charge in [-0.2, -0.15) is 0 Å². The van der Waals surface area contributed by atoms with Gasteiger partial charge in [0.15, 0.2) is 0 Å². The van der Waals surface area contributed by atoms with Crippen LogP contribution in [0.15, 0.2) is 11.3 Å². The van der Waals surface area contributed by atoms with Gasteiger partial charge in [-0.3, -0.25) is 0 Å². The molecule has 0 radical (unpaired) electrons. The molecule has 3 rings (SSSR count). The quantitative estimate of drug-likeness (QED) is 0.654. The number of esters is 1. The van der Waals surface area contributed by atoms with Gasteiger partial charge in [-0.25, -0.2) is 9.59 Å². The van der Waals surface area contributed by atoms with Crippen LogP contribution in [-0.4, -0.2) is 44.3 Å². The third-order valence-electron chi connectivity index (χ3n) is 5.49. The predicted octanol–water partition coefficient (Wildman–Crippen LogP) is 0.354. The van der Waals surface area contributed by atoms with Gasteiger partial charge in [-0.15, -0.1) is 0 Å². The van der Waals surface area contributed by atoms with E-state index in [4.69, 9.17) is 4.74 Å². The maximum atomic E-state index is 12.2. The van der Waals surface area contributed by atoms with Crippen molar-refractivity contribution in [2.45, 2.75) is 51.5 Å². The number of carbonyl (C=O) groups excluding carboxylic acids is 2. The minimum absolute atomic E-state index is 0.218. The Bertz CT molecular complexity index is 501. The molecule has 2 fully saturated rings. The van der Waals surface area contributed by atoms with Gasteiger partial charge in [-0.05, 0) is 39.0 Å². The zero-order chi connectivity index (χ0) is 16.2. The number of amides is 2. The van der Waals surface area contributed by atoms with E-state index in [1.54, 1.807) is 6.92 Å². The second-order valence-electron chi connectivity index (χ2n) is 6.86. The van der Waals surface area contributed by atoms with Crippen molar-refractivity contribution >= 4 is 12.0 Å². The number of rotatable bonds is 4. The van der Waals surface area contributed by atoms with Crippen LogP contribution >= 0.6 is 0 Å². The number of nitrogens with one attached hydrogen (secondary N) is 3. The zero-order valence-corrected chi connectivity index (χ0v) is 14.0. The van der Waals surface area contributed by atoms with Crippen molar-refractivity contribution in [2.75, 3.05) is 26.2 Å². The van der Waals surface area contributed by atoms with E-state index in [0.29, 0.717) is 18.2 Å². The number of hydrogen-bond donors (Lipinski definition) is 3. The molecule has 0 spiro atoms. The molecule has 23 heavy (non-hydrogen) atoms. The number of hydrogen-bond acceptors (Lipinski definition) is 3. The number of carbonyl (C=O) groups is 2. The molecule has 2 amide bonds. The van der Waals surface area contributed by atoms with Gasteiger partial charge in [0, 0.05) is 5.92 Å². The van der Waals surface area contributed by atoms with Crippen LogP contribution in [0.1, 0.15) is 45.4 Å². The van der Waals surface area contributed by atoms with Crippen molar-refractivity contribution in [1.82, 2.24) is 10.6 Å². The predicted molar refractivity (Wildman–Crippen MR) is 85.9 cm³/mol. The summed E-state index contributed by atoms with van der Waals surface area (Å²) in [5.41, 5.74) is 1.34. The highest BCUT2D eigenvalue weighted by Gasteiger charge is 2.38. The maximum absolute atomic E-state index is 12.2. The Balaban J connectivity index is 1.76. The molecule has 128 valence electrons. The number of quaternary nitrogens is 1. The van der Waals surface area contributed by atoms with Gasteiger partial charge >= 0.3 is 12.0 Å². The van der Waals surface area contributed by atoms with Gasteiger partial charge in [0.2, 0.25) is 0 Å². The van der Waals surface area contributed by atoms with Crippen LogP contribution in [0.2, 0.25) is 0 Å². The fourth-order valence-electron chi connectivity index (χ4n) is 4.41. The van der Waals surface area contributed by atoms with Crippen LogP contribution in [0.3, 0.4) is 0 Å². The normalized spacial score (nSPS) is 31.0. The van der Waals surface area contributed by atoms with Gasteiger partial charge in [-0.1, -0.05) is 6.42 Å². The van der Waals surface area contributed by atoms with Gasteiger partial charge in [0.25, 0.3) is 0 Å². The Morgan fingerprint density at radius 2 is 2.04 bits per heavy atom. The lowest BCUT2D eigenvalue weighted by molar-refractivity contribution is -0.932. The van der Waals surface area contributed by atoms with E-state index in [1.165, 1.54) is 43.4 Å². The molecule has 3 N–H and O–H groups in total. The molecule has 0 bridgehead atoms. The molecule has 1 saturated carbocycles. The van der Waals surface area contributed by atoms with E-state index in [-0.39, 0.29) is 18.5 Å². The van der Waals surface area contributed by atoms with Crippen molar-refractivity contribution in [3.05, 3.63) is 11.3 Å². The molecule has 1 saturated heterocycles. The summed E-state index contributed by atoms with van der Waals surface area (Å²) in [5, 5.41) is 5.53. The molecule has 0 aromatic heterocycles. The summed E-state index contributed by atoms with van der Waals surface area (Å²) in [6, 6.07) is 0.463. The zero-order valence-electron chi connectivity index (χ0n) is 14.0. The molecule has 0 aromatic rings. The average molecular weight is 322 g/mol. The summed E-state index contributed by atoms with van der Waals surface area (Å²) in [6.07, 6.45) is 7.85. The van der Waals surface area contributed by atoms with Gasteiger partial charge < -0.3 is 20.3 Å². The fraction of sp³-hybridized carbons (Fsp3) is 0.765. The summed E-state index contributed by atoms with van der Waals surface area (Å²) in [5.74, 6) is 0.503. The second kappa shape index (κ2) is 7.34. The number of ether oxygens (including phenoxy) is 1. The molecular weight excluding hydrogens is 294 g/mol. The summed E-state index contributed by atoms with van der Waals surface area (Å²) < 4.78 is 5.15. The van der Waals surface area contributed by atoms with Crippen molar-refractivity contribution in [2.24, 2.45) is 5.92 Å². The molecule has 2 aliphatic heterocycles. The molecule has 1 unspecified atom stereocenters. The first-order valence-electron chi connectivity index (χ1n) is 8.97. The Hall–Kier alpha value is -1.56. The number of urea groups is 1. The highest BCUT2D eigenvalue weighted by molar-refractivity contribution is 5.93. The highest BCUT2D eigenvalue weighted by Crippen LogP contribution is 2.28. The first-order chi connectivity index (χ1) is 11.2. The molecule has 3 aliphatic rings. The summed E-state index contributed by atoms with van der Waals surface area (Å²) >= 11 is 0. The highest BCUT2D eigenvalue weighted by atomic mass is 16.5. The Kier molecular flexibility index (Phi) is 5.20. The Morgan fingerprint density at radius 3 is 2.87 bits per heavy atom. The SMILES string of the molecule is CCOC(=O)C1=C(C[NH+]2CCC[C@@H]3CCCC[C@@H]32)NC(=O)NC1. The molecule has 1 aliphatic carbocycles. The lowest BCUT2D eigenvalue weighted by atomic mass is 9.78. The van der Waals surface area contributed by atoms with Crippen molar-refractivity contribution in [1.29, 1.82) is 0 Å². The lowest BCUT2D eigenvalue weighted by Crippen LogP contribution is -3.18. The van der Waals surface area contributed by atoms with E-state index in [0.717, 1.165) is 24.7 Å². The maximum Gasteiger partial charge on any atom is 0.337 e. The van der Waals surface area contributed by atoms with Crippen LogP contribution in [0.4, 0.5) is 4.79 Å².